The van der Waals surface area contributed by atoms with E-state index in [1.807, 2.05) is 0 Å². The number of aliphatic carboxylic acids is 1. The number of halogens is 2. The van der Waals surface area contributed by atoms with Gasteiger partial charge in [0, 0.05) is 18.0 Å². The number of carboxylic acid groups (broad SMARTS) is 1. The summed E-state index contributed by atoms with van der Waals surface area (Å²) < 4.78 is 0. The third kappa shape index (κ3) is 2.83. The van der Waals surface area contributed by atoms with Crippen LogP contribution in [-0.2, 0) is 4.79 Å². The summed E-state index contributed by atoms with van der Waals surface area (Å²) in [7, 11) is 0. The van der Waals surface area contributed by atoms with E-state index in [4.69, 9.17) is 28.3 Å². The van der Waals surface area contributed by atoms with Gasteiger partial charge in [-0.15, -0.1) is 0 Å². The fourth-order valence-corrected chi connectivity index (χ4v) is 2.58. The van der Waals surface area contributed by atoms with E-state index in [0.717, 1.165) is 4.90 Å². The van der Waals surface area contributed by atoms with Crippen LogP contribution in [0.1, 0.15) is 16.8 Å². The summed E-state index contributed by atoms with van der Waals surface area (Å²) in [5.74, 6) is -1.67. The SMILES string of the molecule is O=C(O)[C@@H]1CC(O)CN1C(=O)c1ccc(Cl)cc1Cl. The van der Waals surface area contributed by atoms with Crippen molar-refractivity contribution in [2.45, 2.75) is 18.6 Å². The van der Waals surface area contributed by atoms with Crippen molar-refractivity contribution in [3.05, 3.63) is 33.8 Å². The van der Waals surface area contributed by atoms with Gasteiger partial charge in [-0.3, -0.25) is 4.79 Å². The fourth-order valence-electron chi connectivity index (χ4n) is 2.09. The van der Waals surface area contributed by atoms with Crippen LogP contribution in [0.25, 0.3) is 0 Å². The Hall–Kier alpha value is -1.30. The van der Waals surface area contributed by atoms with Gasteiger partial charge in [0.2, 0.25) is 0 Å². The molecule has 1 saturated heterocycles. The number of hydrogen-bond donors (Lipinski definition) is 2. The Morgan fingerprint density at radius 1 is 1.32 bits per heavy atom. The Balaban J connectivity index is 2.30. The van der Waals surface area contributed by atoms with E-state index in [-0.39, 0.29) is 23.6 Å². The van der Waals surface area contributed by atoms with Crippen LogP contribution in [0.2, 0.25) is 10.0 Å². The Labute approximate surface area is 119 Å². The number of carboxylic acids is 1. The molecule has 102 valence electrons. The summed E-state index contributed by atoms with van der Waals surface area (Å²) in [6, 6.07) is 3.33. The number of carbonyl (C=O) groups excluding carboxylic acids is 1. The zero-order chi connectivity index (χ0) is 14.2. The molecule has 7 heteroatoms. The number of hydrogen-bond acceptors (Lipinski definition) is 3. The van der Waals surface area contributed by atoms with Gasteiger partial charge in [-0.25, -0.2) is 4.79 Å². The maximum Gasteiger partial charge on any atom is 0.326 e. The first kappa shape index (κ1) is 14.1. The number of β-amino-alcohol motifs (C(OH)–C–C–N with tert-alkyl or cyclic N) is 1. The molecule has 2 N–H and O–H groups in total. The standard InChI is InChI=1S/C12H11Cl2NO4/c13-6-1-2-8(9(14)3-6)11(17)15-5-7(16)4-10(15)12(18)19/h1-3,7,10,16H,4-5H2,(H,18,19)/t7?,10-/m0/s1. The van der Waals surface area contributed by atoms with Crippen molar-refractivity contribution in [1.82, 2.24) is 4.90 Å². The zero-order valence-electron chi connectivity index (χ0n) is 9.72. The van der Waals surface area contributed by atoms with E-state index in [1.54, 1.807) is 0 Å². The van der Waals surface area contributed by atoms with Crippen molar-refractivity contribution in [1.29, 1.82) is 0 Å². The predicted octanol–water partition coefficient (Wildman–Crippen LogP) is 1.65. The summed E-state index contributed by atoms with van der Waals surface area (Å²) in [5.41, 5.74) is 0.173. The molecule has 0 radical (unpaired) electrons. The van der Waals surface area contributed by atoms with Crippen LogP contribution >= 0.6 is 23.2 Å². The molecule has 1 aliphatic heterocycles. The second-order valence-corrected chi connectivity index (χ2v) is 5.17. The van der Waals surface area contributed by atoms with Crippen LogP contribution in [0.4, 0.5) is 0 Å². The summed E-state index contributed by atoms with van der Waals surface area (Å²) in [4.78, 5) is 24.4. The smallest absolute Gasteiger partial charge is 0.326 e. The summed E-state index contributed by atoms with van der Waals surface area (Å²) in [6.45, 7) is -0.0191. The van der Waals surface area contributed by atoms with Crippen molar-refractivity contribution in [3.63, 3.8) is 0 Å². The van der Waals surface area contributed by atoms with Crippen molar-refractivity contribution in [3.8, 4) is 0 Å². The largest absolute Gasteiger partial charge is 0.480 e. The molecule has 0 aliphatic carbocycles. The monoisotopic (exact) mass is 303 g/mol. The molecule has 1 unspecified atom stereocenters. The number of aliphatic hydroxyl groups is 1. The van der Waals surface area contributed by atoms with Crippen LogP contribution in [0, 0.1) is 0 Å². The minimum Gasteiger partial charge on any atom is -0.480 e. The first-order valence-corrected chi connectivity index (χ1v) is 6.32. The van der Waals surface area contributed by atoms with Gasteiger partial charge in [0.15, 0.2) is 0 Å². The van der Waals surface area contributed by atoms with Gasteiger partial charge in [0.25, 0.3) is 5.91 Å². The van der Waals surface area contributed by atoms with Gasteiger partial charge in [-0.05, 0) is 18.2 Å². The number of nitrogens with zero attached hydrogens (tertiary/aromatic N) is 1. The van der Waals surface area contributed by atoms with Gasteiger partial charge in [-0.1, -0.05) is 23.2 Å². The van der Waals surface area contributed by atoms with Crippen LogP contribution < -0.4 is 0 Å². The van der Waals surface area contributed by atoms with Crippen LogP contribution in [0.3, 0.4) is 0 Å². The Morgan fingerprint density at radius 2 is 2.00 bits per heavy atom. The average molecular weight is 304 g/mol. The molecule has 0 saturated carbocycles. The summed E-state index contributed by atoms with van der Waals surface area (Å²) in [5, 5.41) is 19.1. The van der Waals surface area contributed by atoms with Crippen molar-refractivity contribution in [2.24, 2.45) is 0 Å². The van der Waals surface area contributed by atoms with Crippen LogP contribution in [0.15, 0.2) is 18.2 Å². The second-order valence-electron chi connectivity index (χ2n) is 4.33. The Kier molecular flexibility index (Phi) is 3.99. The van der Waals surface area contributed by atoms with E-state index in [2.05, 4.69) is 0 Å². The minimum atomic E-state index is -1.14. The number of benzene rings is 1. The molecule has 1 aromatic rings. The lowest BCUT2D eigenvalue weighted by atomic mass is 10.1. The highest BCUT2D eigenvalue weighted by molar-refractivity contribution is 6.36. The van der Waals surface area contributed by atoms with Gasteiger partial charge in [0.1, 0.15) is 6.04 Å². The summed E-state index contributed by atoms with van der Waals surface area (Å²) in [6.07, 6.45) is -0.817. The van der Waals surface area contributed by atoms with Crippen molar-refractivity contribution < 1.29 is 19.8 Å². The highest BCUT2D eigenvalue weighted by atomic mass is 35.5. The molecule has 2 atom stereocenters. The van der Waals surface area contributed by atoms with E-state index in [0.29, 0.717) is 5.02 Å². The number of likely N-dealkylation sites (tertiary alicyclic amines) is 1. The Morgan fingerprint density at radius 3 is 2.58 bits per heavy atom. The minimum absolute atomic E-state index is 0.0191. The van der Waals surface area contributed by atoms with E-state index in [9.17, 15) is 14.7 Å². The number of aliphatic hydroxyl groups excluding tert-OH is 1. The molecule has 0 spiro atoms. The van der Waals surface area contributed by atoms with Gasteiger partial charge >= 0.3 is 5.97 Å². The molecular weight excluding hydrogens is 293 g/mol. The van der Waals surface area contributed by atoms with Crippen molar-refractivity contribution >= 4 is 35.1 Å². The van der Waals surface area contributed by atoms with Gasteiger partial charge in [-0.2, -0.15) is 0 Å². The van der Waals surface area contributed by atoms with E-state index < -0.39 is 24.0 Å². The lowest BCUT2D eigenvalue weighted by Crippen LogP contribution is -2.40. The third-order valence-electron chi connectivity index (χ3n) is 2.99. The first-order chi connectivity index (χ1) is 8.90. The van der Waals surface area contributed by atoms with E-state index >= 15 is 0 Å². The third-order valence-corrected chi connectivity index (χ3v) is 3.53. The first-order valence-electron chi connectivity index (χ1n) is 5.57. The molecule has 1 aromatic carbocycles. The molecule has 1 heterocycles. The predicted molar refractivity (Wildman–Crippen MR) is 69.5 cm³/mol. The molecule has 19 heavy (non-hydrogen) atoms. The molecule has 1 aliphatic rings. The second kappa shape index (κ2) is 5.36. The number of amides is 1. The molecular formula is C12H11Cl2NO4. The summed E-state index contributed by atoms with van der Waals surface area (Å²) >= 11 is 11.7. The maximum atomic E-state index is 12.3. The normalized spacial score (nSPS) is 22.6. The molecule has 0 bridgehead atoms. The number of carbonyl (C=O) groups is 2. The molecule has 5 nitrogen and oxygen atoms in total. The Bertz CT molecular complexity index is 534. The maximum absolute atomic E-state index is 12.3. The lowest BCUT2D eigenvalue weighted by Gasteiger charge is -2.21. The quantitative estimate of drug-likeness (QED) is 0.871. The zero-order valence-corrected chi connectivity index (χ0v) is 11.2. The van der Waals surface area contributed by atoms with Crippen molar-refractivity contribution in [2.75, 3.05) is 6.54 Å². The van der Waals surface area contributed by atoms with E-state index in [1.165, 1.54) is 18.2 Å². The highest BCUT2D eigenvalue weighted by Gasteiger charge is 2.39. The molecule has 1 fully saturated rings. The van der Waals surface area contributed by atoms with Gasteiger partial charge < -0.3 is 15.1 Å². The van der Waals surface area contributed by atoms with Crippen LogP contribution in [0.5, 0.6) is 0 Å². The molecule has 1 amide bonds. The highest BCUT2D eigenvalue weighted by Crippen LogP contribution is 2.26. The topological polar surface area (TPSA) is 77.8 Å². The number of rotatable bonds is 2. The van der Waals surface area contributed by atoms with Gasteiger partial charge in [0.05, 0.1) is 16.7 Å². The molecule has 0 aromatic heterocycles. The molecule has 2 rings (SSSR count). The van der Waals surface area contributed by atoms with Crippen LogP contribution in [-0.4, -0.2) is 45.7 Å². The lowest BCUT2D eigenvalue weighted by molar-refractivity contribution is -0.141. The average Bonchev–Trinajstić information content (AvgIpc) is 2.70. The fraction of sp³-hybridized carbons (Fsp3) is 0.333.